The summed E-state index contributed by atoms with van der Waals surface area (Å²) in [6.45, 7) is 3.31. The molecule has 0 saturated heterocycles. The Kier molecular flexibility index (Phi) is 5.72. The fourth-order valence-corrected chi connectivity index (χ4v) is 3.00. The molecule has 0 radical (unpaired) electrons. The van der Waals surface area contributed by atoms with Crippen LogP contribution in [-0.4, -0.2) is 20.8 Å². The Labute approximate surface area is 122 Å². The van der Waals surface area contributed by atoms with Gasteiger partial charge >= 0.3 is 0 Å². The van der Waals surface area contributed by atoms with E-state index in [0.717, 1.165) is 24.5 Å². The van der Waals surface area contributed by atoms with Crippen molar-refractivity contribution >= 4 is 0 Å². The zero-order chi connectivity index (χ0) is 14.4. The summed E-state index contributed by atoms with van der Waals surface area (Å²) in [5, 5.41) is 3.64. The Hall–Kier alpha value is -1.22. The molecule has 1 atom stereocenters. The largest absolute Gasteiger partial charge is 0.493 e. The molecular formula is C17H27NO2. The zero-order valence-corrected chi connectivity index (χ0v) is 13.0. The van der Waals surface area contributed by atoms with Crippen molar-refractivity contribution in [2.45, 2.75) is 51.5 Å². The quantitative estimate of drug-likeness (QED) is 0.768. The highest BCUT2D eigenvalue weighted by molar-refractivity contribution is 5.49. The van der Waals surface area contributed by atoms with E-state index in [1.165, 1.54) is 43.2 Å². The Morgan fingerprint density at radius 2 is 1.85 bits per heavy atom. The lowest BCUT2D eigenvalue weighted by molar-refractivity contribution is 0.351. The minimum atomic E-state index is 0.468. The van der Waals surface area contributed by atoms with Crippen molar-refractivity contribution < 1.29 is 9.47 Å². The van der Waals surface area contributed by atoms with Gasteiger partial charge in [0, 0.05) is 6.04 Å². The van der Waals surface area contributed by atoms with E-state index >= 15 is 0 Å². The summed E-state index contributed by atoms with van der Waals surface area (Å²) in [4.78, 5) is 0. The lowest BCUT2D eigenvalue weighted by Crippen LogP contribution is -2.29. The van der Waals surface area contributed by atoms with E-state index in [4.69, 9.17) is 9.47 Å². The normalized spacial score (nSPS) is 17.6. The third-order valence-electron chi connectivity index (χ3n) is 4.15. The third kappa shape index (κ3) is 3.45. The number of ether oxygens (including phenoxy) is 2. The fraction of sp³-hybridized carbons (Fsp3) is 0.647. The van der Waals surface area contributed by atoms with Crippen molar-refractivity contribution in [1.29, 1.82) is 0 Å². The van der Waals surface area contributed by atoms with Crippen molar-refractivity contribution in [1.82, 2.24) is 5.32 Å². The smallest absolute Gasteiger partial charge is 0.161 e. The second kappa shape index (κ2) is 7.53. The van der Waals surface area contributed by atoms with Crippen LogP contribution < -0.4 is 14.8 Å². The number of hydrogen-bond donors (Lipinski definition) is 1. The summed E-state index contributed by atoms with van der Waals surface area (Å²) >= 11 is 0. The summed E-state index contributed by atoms with van der Waals surface area (Å²) in [5.41, 5.74) is 2.80. The van der Waals surface area contributed by atoms with Crippen LogP contribution in [-0.2, 0) is 6.42 Å². The molecular weight excluding hydrogens is 250 g/mol. The number of benzene rings is 1. The Bertz CT molecular complexity index is 431. The van der Waals surface area contributed by atoms with Gasteiger partial charge in [0.2, 0.25) is 0 Å². The topological polar surface area (TPSA) is 30.5 Å². The van der Waals surface area contributed by atoms with E-state index in [0.29, 0.717) is 6.04 Å². The number of rotatable bonds is 7. The predicted octanol–water partition coefficient (Wildman–Crippen LogP) is 3.86. The average Bonchev–Trinajstić information content (AvgIpc) is 2.50. The van der Waals surface area contributed by atoms with Crippen LogP contribution in [0.5, 0.6) is 11.5 Å². The van der Waals surface area contributed by atoms with Crippen molar-refractivity contribution in [3.05, 3.63) is 23.3 Å². The highest BCUT2D eigenvalue weighted by Crippen LogP contribution is 2.36. The van der Waals surface area contributed by atoms with E-state index in [1.54, 1.807) is 14.2 Å². The first-order valence-corrected chi connectivity index (χ1v) is 7.78. The molecule has 1 aliphatic rings. The Morgan fingerprint density at radius 3 is 2.55 bits per heavy atom. The summed E-state index contributed by atoms with van der Waals surface area (Å²) in [6.07, 6.45) is 7.53. The molecule has 1 aliphatic heterocycles. The van der Waals surface area contributed by atoms with Crippen molar-refractivity contribution in [3.8, 4) is 11.5 Å². The number of fused-ring (bicyclic) bond motifs is 1. The monoisotopic (exact) mass is 277 g/mol. The van der Waals surface area contributed by atoms with E-state index in [9.17, 15) is 0 Å². The van der Waals surface area contributed by atoms with Crippen LogP contribution in [0.1, 0.15) is 56.2 Å². The molecule has 1 aromatic carbocycles. The van der Waals surface area contributed by atoms with Gasteiger partial charge in [-0.2, -0.15) is 0 Å². The first-order chi connectivity index (χ1) is 9.80. The minimum absolute atomic E-state index is 0.468. The van der Waals surface area contributed by atoms with Gasteiger partial charge in [-0.05, 0) is 42.6 Å². The molecule has 1 aromatic rings. The summed E-state index contributed by atoms with van der Waals surface area (Å²) in [6, 6.07) is 4.77. The van der Waals surface area contributed by atoms with Crippen LogP contribution >= 0.6 is 0 Å². The Morgan fingerprint density at radius 1 is 1.10 bits per heavy atom. The van der Waals surface area contributed by atoms with Crippen LogP contribution in [0.3, 0.4) is 0 Å². The molecule has 1 unspecified atom stereocenters. The third-order valence-corrected chi connectivity index (χ3v) is 4.15. The molecule has 0 fully saturated rings. The Balaban J connectivity index is 2.12. The van der Waals surface area contributed by atoms with Crippen LogP contribution in [0.4, 0.5) is 0 Å². The van der Waals surface area contributed by atoms with Crippen LogP contribution in [0, 0.1) is 0 Å². The SMILES string of the molecule is CCCCCCC1NCCc2cc(OC)c(OC)cc21. The molecule has 0 amide bonds. The molecule has 0 aromatic heterocycles. The van der Waals surface area contributed by atoms with Gasteiger partial charge in [-0.15, -0.1) is 0 Å². The number of hydrogen-bond acceptors (Lipinski definition) is 3. The second-order valence-corrected chi connectivity index (χ2v) is 5.51. The maximum atomic E-state index is 5.44. The highest BCUT2D eigenvalue weighted by atomic mass is 16.5. The van der Waals surface area contributed by atoms with Crippen molar-refractivity contribution in [2.24, 2.45) is 0 Å². The van der Waals surface area contributed by atoms with Gasteiger partial charge in [-0.3, -0.25) is 0 Å². The molecule has 0 spiro atoms. The summed E-state index contributed by atoms with van der Waals surface area (Å²) in [5.74, 6) is 1.69. The average molecular weight is 277 g/mol. The van der Waals surface area contributed by atoms with Crippen LogP contribution in [0.15, 0.2) is 12.1 Å². The van der Waals surface area contributed by atoms with Crippen LogP contribution in [0.2, 0.25) is 0 Å². The maximum Gasteiger partial charge on any atom is 0.161 e. The molecule has 1 N–H and O–H groups in total. The van der Waals surface area contributed by atoms with E-state index in [2.05, 4.69) is 24.4 Å². The lowest BCUT2D eigenvalue weighted by atomic mass is 9.90. The lowest BCUT2D eigenvalue weighted by Gasteiger charge is -2.28. The second-order valence-electron chi connectivity index (χ2n) is 5.51. The van der Waals surface area contributed by atoms with E-state index in [-0.39, 0.29) is 0 Å². The highest BCUT2D eigenvalue weighted by Gasteiger charge is 2.22. The molecule has 112 valence electrons. The standard InChI is InChI=1S/C17H27NO2/c1-4-5-6-7-8-15-14-12-17(20-3)16(19-2)11-13(14)9-10-18-15/h11-12,15,18H,4-10H2,1-3H3. The van der Waals surface area contributed by atoms with E-state index in [1.807, 2.05) is 0 Å². The first-order valence-electron chi connectivity index (χ1n) is 7.78. The first kappa shape index (κ1) is 15.2. The molecule has 0 saturated carbocycles. The van der Waals surface area contributed by atoms with Gasteiger partial charge in [0.1, 0.15) is 0 Å². The predicted molar refractivity (Wildman–Crippen MR) is 82.8 cm³/mol. The molecule has 0 bridgehead atoms. The van der Waals surface area contributed by atoms with Crippen LogP contribution in [0.25, 0.3) is 0 Å². The minimum Gasteiger partial charge on any atom is -0.493 e. The van der Waals surface area contributed by atoms with E-state index < -0.39 is 0 Å². The number of nitrogens with one attached hydrogen (secondary N) is 1. The van der Waals surface area contributed by atoms with Gasteiger partial charge < -0.3 is 14.8 Å². The van der Waals surface area contributed by atoms with Gasteiger partial charge in [-0.1, -0.05) is 32.6 Å². The van der Waals surface area contributed by atoms with Gasteiger partial charge in [0.05, 0.1) is 14.2 Å². The van der Waals surface area contributed by atoms with Crippen molar-refractivity contribution in [3.63, 3.8) is 0 Å². The zero-order valence-electron chi connectivity index (χ0n) is 13.0. The van der Waals surface area contributed by atoms with Gasteiger partial charge in [0.25, 0.3) is 0 Å². The maximum absolute atomic E-state index is 5.44. The summed E-state index contributed by atoms with van der Waals surface area (Å²) < 4.78 is 10.8. The molecule has 20 heavy (non-hydrogen) atoms. The fourth-order valence-electron chi connectivity index (χ4n) is 3.00. The van der Waals surface area contributed by atoms with Gasteiger partial charge in [0.15, 0.2) is 11.5 Å². The molecule has 3 nitrogen and oxygen atoms in total. The number of unbranched alkanes of at least 4 members (excludes halogenated alkanes) is 3. The molecule has 3 heteroatoms. The molecule has 1 heterocycles. The number of methoxy groups -OCH3 is 2. The summed E-state index contributed by atoms with van der Waals surface area (Å²) in [7, 11) is 3.41. The molecule has 0 aliphatic carbocycles. The van der Waals surface area contributed by atoms with Crippen molar-refractivity contribution in [2.75, 3.05) is 20.8 Å². The van der Waals surface area contributed by atoms with Gasteiger partial charge in [-0.25, -0.2) is 0 Å². The molecule has 2 rings (SSSR count).